The second kappa shape index (κ2) is 5.94. The summed E-state index contributed by atoms with van der Waals surface area (Å²) in [7, 11) is 0. The van der Waals surface area contributed by atoms with E-state index in [2.05, 4.69) is 4.99 Å². The van der Waals surface area contributed by atoms with Gasteiger partial charge >= 0.3 is 0 Å². The monoisotopic (exact) mass is 317 g/mol. The van der Waals surface area contributed by atoms with Gasteiger partial charge in [0.25, 0.3) is 0 Å². The molecular formula is C13H7Cl4N. The van der Waals surface area contributed by atoms with Gasteiger partial charge in [-0.15, -0.1) is 0 Å². The van der Waals surface area contributed by atoms with Crippen LogP contribution in [-0.2, 0) is 0 Å². The Bertz CT molecular complexity index is 591. The van der Waals surface area contributed by atoms with Crippen molar-refractivity contribution in [3.05, 3.63) is 62.1 Å². The molecule has 0 aliphatic carbocycles. The van der Waals surface area contributed by atoms with Crippen LogP contribution in [0.5, 0.6) is 0 Å². The number of hydrogen-bond donors (Lipinski definition) is 0. The minimum Gasteiger partial charge on any atom is -0.256 e. The molecule has 0 aliphatic rings. The lowest BCUT2D eigenvalue weighted by Gasteiger charge is -2.02. The van der Waals surface area contributed by atoms with Crippen molar-refractivity contribution in [3.8, 4) is 0 Å². The lowest BCUT2D eigenvalue weighted by atomic mass is 10.2. The predicted octanol–water partition coefficient (Wildman–Crippen LogP) is 6.05. The maximum atomic E-state index is 6.06. The molecule has 0 aromatic heterocycles. The summed E-state index contributed by atoms with van der Waals surface area (Å²) in [5.74, 6) is 0. The van der Waals surface area contributed by atoms with Crippen LogP contribution < -0.4 is 0 Å². The number of nitrogens with zero attached hydrogens (tertiary/aromatic N) is 1. The topological polar surface area (TPSA) is 12.4 Å². The van der Waals surface area contributed by atoms with Gasteiger partial charge in [0.15, 0.2) is 0 Å². The molecule has 0 N–H and O–H groups in total. The summed E-state index contributed by atoms with van der Waals surface area (Å²) in [5.41, 5.74) is 1.49. The molecule has 0 amide bonds. The van der Waals surface area contributed by atoms with Gasteiger partial charge in [-0.25, -0.2) is 0 Å². The first-order chi connectivity index (χ1) is 8.58. The second-order valence-electron chi connectivity index (χ2n) is 3.50. The van der Waals surface area contributed by atoms with Gasteiger partial charge in [-0.05, 0) is 30.3 Å². The smallest absolute Gasteiger partial charge is 0.0785 e. The molecule has 1 nitrogen and oxygen atoms in total. The van der Waals surface area contributed by atoms with E-state index >= 15 is 0 Å². The normalized spacial score (nSPS) is 11.1. The van der Waals surface area contributed by atoms with Crippen molar-refractivity contribution in [2.24, 2.45) is 4.99 Å². The van der Waals surface area contributed by atoms with Crippen LogP contribution in [0.3, 0.4) is 0 Å². The lowest BCUT2D eigenvalue weighted by Crippen LogP contribution is -1.84. The Morgan fingerprint density at radius 1 is 0.778 bits per heavy atom. The maximum Gasteiger partial charge on any atom is 0.0785 e. The van der Waals surface area contributed by atoms with Gasteiger partial charge in [0.2, 0.25) is 0 Å². The fourth-order valence-corrected chi connectivity index (χ4v) is 2.03. The van der Waals surface area contributed by atoms with Gasteiger partial charge in [0.1, 0.15) is 0 Å². The molecular weight excluding hydrogens is 312 g/mol. The molecule has 0 saturated heterocycles. The Hall–Kier alpha value is -0.730. The van der Waals surface area contributed by atoms with Crippen molar-refractivity contribution in [2.45, 2.75) is 0 Å². The summed E-state index contributed by atoms with van der Waals surface area (Å²) in [5, 5.41) is 1.81. The average Bonchev–Trinajstić information content (AvgIpc) is 2.37. The molecule has 2 rings (SSSR count). The molecule has 2 aromatic carbocycles. The van der Waals surface area contributed by atoms with Crippen LogP contribution in [0.25, 0.3) is 0 Å². The number of halogens is 4. The van der Waals surface area contributed by atoms with Crippen LogP contribution in [0.1, 0.15) is 5.56 Å². The Labute approximate surface area is 125 Å². The maximum absolute atomic E-state index is 6.06. The molecule has 0 spiro atoms. The molecule has 18 heavy (non-hydrogen) atoms. The predicted molar refractivity (Wildman–Crippen MR) is 80.2 cm³/mol. The third-order valence-corrected chi connectivity index (χ3v) is 3.80. The molecule has 0 radical (unpaired) electrons. The van der Waals surface area contributed by atoms with Gasteiger partial charge in [-0.3, -0.25) is 4.99 Å². The fourth-order valence-electron chi connectivity index (χ4n) is 1.31. The molecule has 0 aliphatic heterocycles. The fraction of sp³-hybridized carbons (Fsp3) is 0. The van der Waals surface area contributed by atoms with Gasteiger partial charge in [-0.2, -0.15) is 0 Å². The van der Waals surface area contributed by atoms with Crippen molar-refractivity contribution in [1.82, 2.24) is 0 Å². The van der Waals surface area contributed by atoms with E-state index in [-0.39, 0.29) is 0 Å². The van der Waals surface area contributed by atoms with Gasteiger partial charge < -0.3 is 0 Å². The number of hydrogen-bond acceptors (Lipinski definition) is 1. The second-order valence-corrected chi connectivity index (χ2v) is 5.10. The zero-order chi connectivity index (χ0) is 13.1. The van der Waals surface area contributed by atoms with Crippen LogP contribution >= 0.6 is 46.4 Å². The van der Waals surface area contributed by atoms with Crippen molar-refractivity contribution >= 4 is 58.3 Å². The zero-order valence-electron chi connectivity index (χ0n) is 9.00. The Morgan fingerprint density at radius 2 is 1.44 bits per heavy atom. The van der Waals surface area contributed by atoms with Crippen LogP contribution in [-0.4, -0.2) is 6.21 Å². The van der Waals surface area contributed by atoms with Crippen molar-refractivity contribution in [3.63, 3.8) is 0 Å². The molecule has 0 saturated carbocycles. The highest BCUT2D eigenvalue weighted by Crippen LogP contribution is 2.32. The Morgan fingerprint density at radius 3 is 2.11 bits per heavy atom. The minimum atomic E-state index is 0.332. The van der Waals surface area contributed by atoms with Gasteiger partial charge in [-0.1, -0.05) is 52.5 Å². The highest BCUT2D eigenvalue weighted by molar-refractivity contribution is 6.48. The summed E-state index contributed by atoms with van der Waals surface area (Å²) in [6.45, 7) is 0. The summed E-state index contributed by atoms with van der Waals surface area (Å²) in [4.78, 5) is 4.28. The third kappa shape index (κ3) is 3.18. The van der Waals surface area contributed by atoms with Crippen molar-refractivity contribution < 1.29 is 0 Å². The Kier molecular flexibility index (Phi) is 4.52. The van der Waals surface area contributed by atoms with E-state index in [1.54, 1.807) is 30.5 Å². The molecule has 2 aromatic rings. The molecule has 0 atom stereocenters. The van der Waals surface area contributed by atoms with Gasteiger partial charge in [0, 0.05) is 16.8 Å². The van der Waals surface area contributed by atoms with Crippen LogP contribution in [0, 0.1) is 0 Å². The van der Waals surface area contributed by atoms with E-state index in [0.717, 1.165) is 5.69 Å². The Balaban J connectivity index is 2.29. The average molecular weight is 319 g/mol. The molecule has 0 fully saturated rings. The van der Waals surface area contributed by atoms with Crippen LogP contribution in [0.2, 0.25) is 20.1 Å². The zero-order valence-corrected chi connectivity index (χ0v) is 12.0. The van der Waals surface area contributed by atoms with E-state index in [4.69, 9.17) is 46.4 Å². The van der Waals surface area contributed by atoms with Gasteiger partial charge in [0.05, 0.1) is 20.8 Å². The summed E-state index contributed by atoms with van der Waals surface area (Å²) in [6, 6.07) is 10.6. The third-order valence-electron chi connectivity index (χ3n) is 2.24. The number of rotatable bonds is 2. The highest BCUT2D eigenvalue weighted by atomic mass is 35.5. The van der Waals surface area contributed by atoms with Crippen molar-refractivity contribution in [1.29, 1.82) is 0 Å². The number of aliphatic imine (C=N–C) groups is 1. The van der Waals surface area contributed by atoms with Crippen LogP contribution in [0.4, 0.5) is 5.69 Å². The molecule has 92 valence electrons. The van der Waals surface area contributed by atoms with E-state index in [9.17, 15) is 0 Å². The summed E-state index contributed by atoms with van der Waals surface area (Å²) >= 11 is 23.6. The van der Waals surface area contributed by atoms with E-state index < -0.39 is 0 Å². The first-order valence-electron chi connectivity index (χ1n) is 5.01. The van der Waals surface area contributed by atoms with E-state index in [1.165, 1.54) is 0 Å². The molecule has 0 bridgehead atoms. The largest absolute Gasteiger partial charge is 0.256 e. The van der Waals surface area contributed by atoms with E-state index in [0.29, 0.717) is 25.7 Å². The van der Waals surface area contributed by atoms with E-state index in [1.807, 2.05) is 12.1 Å². The molecule has 0 unspecified atom stereocenters. The molecule has 0 heterocycles. The first kappa shape index (κ1) is 13.7. The molecule has 5 heteroatoms. The summed E-state index contributed by atoms with van der Waals surface area (Å²) in [6.07, 6.45) is 1.63. The van der Waals surface area contributed by atoms with Crippen LogP contribution in [0.15, 0.2) is 41.4 Å². The van der Waals surface area contributed by atoms with Crippen molar-refractivity contribution in [2.75, 3.05) is 0 Å². The standard InChI is InChI=1S/C13H7Cl4N/c14-9-2-4-10(5-3-9)18-7-8-1-6-11(15)13(17)12(8)16/h1-7H/b18-7+. The summed E-state index contributed by atoms with van der Waals surface area (Å²) < 4.78 is 0. The highest BCUT2D eigenvalue weighted by Gasteiger charge is 2.06. The number of benzene rings is 2. The SMILES string of the molecule is Clc1ccc(/N=C/c2ccc(Cl)c(Cl)c2Cl)cc1. The first-order valence-corrected chi connectivity index (χ1v) is 6.52. The lowest BCUT2D eigenvalue weighted by molar-refractivity contribution is 1.52. The quantitative estimate of drug-likeness (QED) is 0.472. The minimum absolute atomic E-state index is 0.332.